The van der Waals surface area contributed by atoms with E-state index in [9.17, 15) is 0 Å². The third kappa shape index (κ3) is 3.13. The number of piperidine rings is 1. The van der Waals surface area contributed by atoms with Crippen LogP contribution in [0.1, 0.15) is 49.8 Å². The molecule has 0 unspecified atom stereocenters. The maximum absolute atomic E-state index is 4.29. The summed E-state index contributed by atoms with van der Waals surface area (Å²) in [5, 5.41) is 15.8. The molecule has 2 heterocycles. The van der Waals surface area contributed by atoms with Gasteiger partial charge in [0.1, 0.15) is 6.04 Å². The Morgan fingerprint density at radius 1 is 1.19 bits per heavy atom. The second-order valence-corrected chi connectivity index (χ2v) is 6.13. The molecule has 0 bridgehead atoms. The van der Waals surface area contributed by atoms with Gasteiger partial charge in [0.15, 0.2) is 6.33 Å². The van der Waals surface area contributed by atoms with Crippen molar-refractivity contribution in [3.8, 4) is 0 Å². The Kier molecular flexibility index (Phi) is 4.29. The van der Waals surface area contributed by atoms with Crippen molar-refractivity contribution in [1.82, 2.24) is 25.5 Å². The van der Waals surface area contributed by atoms with Gasteiger partial charge in [0.2, 0.25) is 0 Å². The van der Waals surface area contributed by atoms with Gasteiger partial charge in [-0.15, -0.1) is 10.2 Å². The highest BCUT2D eigenvalue weighted by atomic mass is 15.6. The normalized spacial score (nSPS) is 20.6. The Morgan fingerprint density at radius 3 is 2.52 bits per heavy atom. The fraction of sp³-hybridized carbons (Fsp3) is 0.562. The molecule has 0 saturated carbocycles. The molecule has 2 atom stereocenters. The fourth-order valence-electron chi connectivity index (χ4n) is 3.12. The van der Waals surface area contributed by atoms with Crippen molar-refractivity contribution < 1.29 is 0 Å². The van der Waals surface area contributed by atoms with Crippen molar-refractivity contribution in [3.63, 3.8) is 0 Å². The molecule has 1 aliphatic heterocycles. The van der Waals surface area contributed by atoms with Crippen molar-refractivity contribution in [2.75, 3.05) is 13.1 Å². The summed E-state index contributed by atoms with van der Waals surface area (Å²) in [6.45, 7) is 6.56. The van der Waals surface area contributed by atoms with E-state index < -0.39 is 0 Å². The van der Waals surface area contributed by atoms with E-state index in [1.165, 1.54) is 30.3 Å². The molecule has 1 aliphatic rings. The summed E-state index contributed by atoms with van der Waals surface area (Å²) in [7, 11) is 0. The van der Waals surface area contributed by atoms with Crippen LogP contribution in [0.5, 0.6) is 0 Å². The molecule has 1 fully saturated rings. The zero-order chi connectivity index (χ0) is 14.7. The lowest BCUT2D eigenvalue weighted by atomic mass is 9.87. The molecule has 5 nitrogen and oxygen atoms in total. The van der Waals surface area contributed by atoms with Crippen LogP contribution in [0.4, 0.5) is 0 Å². The summed E-state index contributed by atoms with van der Waals surface area (Å²) >= 11 is 0. The Morgan fingerprint density at radius 2 is 1.95 bits per heavy atom. The van der Waals surface area contributed by atoms with Crippen molar-refractivity contribution >= 4 is 0 Å². The number of nitrogens with one attached hydrogen (secondary N) is 1. The van der Waals surface area contributed by atoms with Crippen LogP contribution in [0.15, 0.2) is 30.6 Å². The van der Waals surface area contributed by atoms with E-state index in [-0.39, 0.29) is 6.04 Å². The molecule has 0 spiro atoms. The second-order valence-electron chi connectivity index (χ2n) is 6.13. The number of rotatable bonds is 4. The molecule has 112 valence electrons. The van der Waals surface area contributed by atoms with Crippen molar-refractivity contribution in [2.24, 2.45) is 5.92 Å². The van der Waals surface area contributed by atoms with Gasteiger partial charge in [-0.25, -0.2) is 0 Å². The van der Waals surface area contributed by atoms with E-state index in [4.69, 9.17) is 0 Å². The molecule has 3 rings (SSSR count). The average Bonchev–Trinajstić information content (AvgIpc) is 3.03. The number of tetrazole rings is 1. The van der Waals surface area contributed by atoms with Crippen LogP contribution in [-0.2, 0) is 0 Å². The number of hydrogen-bond donors (Lipinski definition) is 1. The average molecular weight is 285 g/mol. The zero-order valence-electron chi connectivity index (χ0n) is 12.7. The number of aromatic nitrogens is 4. The Labute approximate surface area is 125 Å². The maximum Gasteiger partial charge on any atom is 0.162 e. The minimum absolute atomic E-state index is 0.168. The summed E-state index contributed by atoms with van der Waals surface area (Å²) in [5.41, 5.74) is 2.64. The van der Waals surface area contributed by atoms with Crippen LogP contribution in [0.3, 0.4) is 0 Å². The second kappa shape index (κ2) is 6.35. The molecule has 5 heteroatoms. The van der Waals surface area contributed by atoms with E-state index >= 15 is 0 Å². The molecule has 0 radical (unpaired) electrons. The Balaban J connectivity index is 1.91. The summed E-state index contributed by atoms with van der Waals surface area (Å²) in [4.78, 5) is 1.77. The first kappa shape index (κ1) is 14.2. The van der Waals surface area contributed by atoms with Gasteiger partial charge in [0, 0.05) is 6.54 Å². The van der Waals surface area contributed by atoms with Gasteiger partial charge in [-0.1, -0.05) is 38.1 Å². The van der Waals surface area contributed by atoms with Crippen molar-refractivity contribution in [3.05, 3.63) is 41.7 Å². The quantitative estimate of drug-likeness (QED) is 0.937. The van der Waals surface area contributed by atoms with Crippen LogP contribution >= 0.6 is 0 Å². The largest absolute Gasteiger partial charge is 0.316 e. The molecule has 0 aliphatic carbocycles. The Bertz CT molecular complexity index is 541. The lowest BCUT2D eigenvalue weighted by Gasteiger charge is -2.30. The van der Waals surface area contributed by atoms with Crippen LogP contribution in [0.25, 0.3) is 0 Å². The van der Waals surface area contributed by atoms with Gasteiger partial charge < -0.3 is 5.32 Å². The smallest absolute Gasteiger partial charge is 0.162 e. The summed E-state index contributed by atoms with van der Waals surface area (Å²) in [6, 6.07) is 9.05. The van der Waals surface area contributed by atoms with Crippen molar-refractivity contribution in [1.29, 1.82) is 0 Å². The molecule has 21 heavy (non-hydrogen) atoms. The van der Waals surface area contributed by atoms with Crippen LogP contribution in [-0.4, -0.2) is 33.3 Å². The van der Waals surface area contributed by atoms with Crippen LogP contribution in [0, 0.1) is 5.92 Å². The molecule has 1 aromatic heterocycles. The lowest BCUT2D eigenvalue weighted by Crippen LogP contribution is -2.36. The van der Waals surface area contributed by atoms with Gasteiger partial charge in [-0.2, -0.15) is 4.80 Å². The zero-order valence-corrected chi connectivity index (χ0v) is 12.7. The first-order valence-electron chi connectivity index (χ1n) is 7.78. The van der Waals surface area contributed by atoms with Crippen molar-refractivity contribution in [2.45, 2.75) is 38.6 Å². The Hall–Kier alpha value is -1.75. The van der Waals surface area contributed by atoms with Gasteiger partial charge in [-0.3, -0.25) is 0 Å². The van der Waals surface area contributed by atoms with Crippen LogP contribution < -0.4 is 5.32 Å². The third-order valence-corrected chi connectivity index (χ3v) is 4.34. The predicted octanol–water partition coefficient (Wildman–Crippen LogP) is 2.39. The third-order valence-electron chi connectivity index (χ3n) is 4.34. The molecular formula is C16H23N5. The topological polar surface area (TPSA) is 55.6 Å². The first-order chi connectivity index (χ1) is 10.3. The molecule has 0 amide bonds. The predicted molar refractivity (Wildman–Crippen MR) is 82.1 cm³/mol. The van der Waals surface area contributed by atoms with E-state index in [1.807, 2.05) is 0 Å². The van der Waals surface area contributed by atoms with E-state index in [2.05, 4.69) is 58.8 Å². The number of benzene rings is 1. The first-order valence-corrected chi connectivity index (χ1v) is 7.78. The van der Waals surface area contributed by atoms with E-state index in [1.54, 1.807) is 4.80 Å². The minimum atomic E-state index is 0.168. The molecular weight excluding hydrogens is 262 g/mol. The highest BCUT2D eigenvalue weighted by molar-refractivity contribution is 5.27. The van der Waals surface area contributed by atoms with Crippen LogP contribution in [0.2, 0.25) is 0 Å². The fourth-order valence-corrected chi connectivity index (χ4v) is 3.12. The highest BCUT2D eigenvalue weighted by Gasteiger charge is 2.28. The molecule has 2 aromatic rings. The summed E-state index contributed by atoms with van der Waals surface area (Å²) < 4.78 is 0. The van der Waals surface area contributed by atoms with E-state index in [0.29, 0.717) is 11.8 Å². The van der Waals surface area contributed by atoms with Gasteiger partial charge in [0.25, 0.3) is 0 Å². The van der Waals surface area contributed by atoms with Gasteiger partial charge in [0.05, 0.1) is 0 Å². The lowest BCUT2D eigenvalue weighted by molar-refractivity contribution is 0.261. The molecule has 1 N–H and O–H groups in total. The highest BCUT2D eigenvalue weighted by Crippen LogP contribution is 2.30. The number of nitrogens with zero attached hydrogens (tertiary/aromatic N) is 4. The van der Waals surface area contributed by atoms with Gasteiger partial charge in [-0.05, 0) is 47.6 Å². The van der Waals surface area contributed by atoms with Gasteiger partial charge >= 0.3 is 0 Å². The summed E-state index contributed by atoms with van der Waals surface area (Å²) in [6.07, 6.45) is 3.93. The standard InChI is InChI=1S/C16H23N5/c1-12(2)13-5-7-14(8-6-13)16(21-19-11-18-20-21)15-4-3-9-17-10-15/h5-8,11-12,15-17H,3-4,9-10H2,1-2H3/t15-,16-/m0/s1. The SMILES string of the molecule is CC(C)c1ccc([C@@H]([C@H]2CCCNC2)n2ncnn2)cc1. The molecule has 1 aromatic carbocycles. The van der Waals surface area contributed by atoms with E-state index in [0.717, 1.165) is 13.1 Å². The monoisotopic (exact) mass is 285 g/mol. The number of hydrogen-bond acceptors (Lipinski definition) is 4. The summed E-state index contributed by atoms with van der Waals surface area (Å²) in [5.74, 6) is 1.07. The minimum Gasteiger partial charge on any atom is -0.316 e. The molecule has 1 saturated heterocycles. The maximum atomic E-state index is 4.29.